The molecule has 0 saturated heterocycles. The number of methoxy groups -OCH3 is 1. The quantitative estimate of drug-likeness (QED) is 0.509. The predicted octanol–water partition coefficient (Wildman–Crippen LogP) is 4.40. The second-order valence-electron chi connectivity index (χ2n) is 6.49. The van der Waals surface area contributed by atoms with Gasteiger partial charge in [-0.1, -0.05) is 12.1 Å². The number of fused-ring (bicyclic) bond motifs is 1. The molecule has 2 heterocycles. The SMILES string of the molecule is COc1ccc2nc(C)nc(NCc3cccc(NC(=O)c4ccco4)c3)c2c1. The Morgan fingerprint density at radius 3 is 2.79 bits per heavy atom. The fourth-order valence-corrected chi connectivity index (χ4v) is 3.03. The van der Waals surface area contributed by atoms with Gasteiger partial charge in [-0.3, -0.25) is 4.79 Å². The van der Waals surface area contributed by atoms with Gasteiger partial charge in [0, 0.05) is 17.6 Å². The molecule has 0 spiro atoms. The van der Waals surface area contributed by atoms with Gasteiger partial charge >= 0.3 is 0 Å². The maximum Gasteiger partial charge on any atom is 0.291 e. The zero-order valence-corrected chi connectivity index (χ0v) is 16.1. The Kier molecular flexibility index (Phi) is 5.11. The van der Waals surface area contributed by atoms with Gasteiger partial charge in [-0.2, -0.15) is 0 Å². The Labute approximate surface area is 167 Å². The summed E-state index contributed by atoms with van der Waals surface area (Å²) in [5, 5.41) is 7.09. The molecule has 0 aliphatic carbocycles. The van der Waals surface area contributed by atoms with E-state index in [1.165, 1.54) is 6.26 Å². The lowest BCUT2D eigenvalue weighted by Crippen LogP contribution is -2.11. The number of ether oxygens (including phenoxy) is 1. The first kappa shape index (κ1) is 18.5. The van der Waals surface area contributed by atoms with Crippen molar-refractivity contribution in [2.75, 3.05) is 17.7 Å². The lowest BCUT2D eigenvalue weighted by atomic mass is 10.2. The minimum absolute atomic E-state index is 0.269. The molecule has 0 bridgehead atoms. The summed E-state index contributed by atoms with van der Waals surface area (Å²) in [7, 11) is 1.63. The second kappa shape index (κ2) is 8.02. The summed E-state index contributed by atoms with van der Waals surface area (Å²) in [6.07, 6.45) is 1.47. The lowest BCUT2D eigenvalue weighted by molar-refractivity contribution is 0.0996. The molecule has 1 amide bonds. The van der Waals surface area contributed by atoms with Crippen molar-refractivity contribution in [1.82, 2.24) is 9.97 Å². The number of furan rings is 1. The number of rotatable bonds is 6. The normalized spacial score (nSPS) is 10.7. The van der Waals surface area contributed by atoms with Gasteiger partial charge in [0.1, 0.15) is 17.4 Å². The Morgan fingerprint density at radius 2 is 2.00 bits per heavy atom. The van der Waals surface area contributed by atoms with Gasteiger partial charge in [-0.15, -0.1) is 0 Å². The summed E-state index contributed by atoms with van der Waals surface area (Å²) in [4.78, 5) is 21.2. The summed E-state index contributed by atoms with van der Waals surface area (Å²) < 4.78 is 10.4. The molecule has 7 heteroatoms. The smallest absolute Gasteiger partial charge is 0.291 e. The molecule has 0 atom stereocenters. The summed E-state index contributed by atoms with van der Waals surface area (Å²) in [6, 6.07) is 16.6. The van der Waals surface area contributed by atoms with E-state index in [4.69, 9.17) is 9.15 Å². The van der Waals surface area contributed by atoms with Crippen LogP contribution in [-0.4, -0.2) is 23.0 Å². The van der Waals surface area contributed by atoms with Crippen molar-refractivity contribution >= 4 is 28.3 Å². The van der Waals surface area contributed by atoms with Crippen LogP contribution >= 0.6 is 0 Å². The average Bonchev–Trinajstić information content (AvgIpc) is 3.27. The number of aromatic nitrogens is 2. The van der Waals surface area contributed by atoms with Crippen molar-refractivity contribution in [3.63, 3.8) is 0 Å². The first-order chi connectivity index (χ1) is 14.1. The van der Waals surface area contributed by atoms with Gasteiger partial charge in [0.25, 0.3) is 5.91 Å². The van der Waals surface area contributed by atoms with Crippen molar-refractivity contribution in [3.05, 3.63) is 78.0 Å². The van der Waals surface area contributed by atoms with Crippen LogP contribution in [0.3, 0.4) is 0 Å². The highest BCUT2D eigenvalue weighted by molar-refractivity contribution is 6.02. The fraction of sp³-hybridized carbons (Fsp3) is 0.136. The van der Waals surface area contributed by atoms with Crippen molar-refractivity contribution in [1.29, 1.82) is 0 Å². The van der Waals surface area contributed by atoms with Crippen molar-refractivity contribution < 1.29 is 13.9 Å². The molecule has 0 unspecified atom stereocenters. The third-order valence-electron chi connectivity index (χ3n) is 4.40. The van der Waals surface area contributed by atoms with E-state index in [1.54, 1.807) is 19.2 Å². The number of nitrogens with zero attached hydrogens (tertiary/aromatic N) is 2. The maximum absolute atomic E-state index is 12.2. The highest BCUT2D eigenvalue weighted by atomic mass is 16.5. The monoisotopic (exact) mass is 388 g/mol. The minimum atomic E-state index is -0.287. The van der Waals surface area contributed by atoms with Crippen molar-refractivity contribution in [2.24, 2.45) is 0 Å². The first-order valence-electron chi connectivity index (χ1n) is 9.12. The number of nitrogens with one attached hydrogen (secondary N) is 2. The predicted molar refractivity (Wildman–Crippen MR) is 111 cm³/mol. The van der Waals surface area contributed by atoms with Crippen LogP contribution in [0.25, 0.3) is 10.9 Å². The molecule has 2 N–H and O–H groups in total. The molecule has 0 fully saturated rings. The molecule has 0 radical (unpaired) electrons. The summed E-state index contributed by atoms with van der Waals surface area (Å²) in [6.45, 7) is 2.40. The first-order valence-corrected chi connectivity index (χ1v) is 9.12. The van der Waals surface area contributed by atoms with Crippen LogP contribution in [0.15, 0.2) is 65.3 Å². The number of aryl methyl sites for hydroxylation is 1. The summed E-state index contributed by atoms with van der Waals surface area (Å²) >= 11 is 0. The molecule has 146 valence electrons. The molecule has 4 aromatic rings. The highest BCUT2D eigenvalue weighted by Crippen LogP contribution is 2.25. The average molecular weight is 388 g/mol. The molecule has 2 aromatic carbocycles. The number of benzene rings is 2. The number of amides is 1. The van der Waals surface area contributed by atoms with Crippen LogP contribution in [-0.2, 0) is 6.54 Å². The second-order valence-corrected chi connectivity index (χ2v) is 6.49. The zero-order chi connectivity index (χ0) is 20.2. The Hall–Kier alpha value is -3.87. The van der Waals surface area contributed by atoms with Crippen molar-refractivity contribution in [2.45, 2.75) is 13.5 Å². The number of hydrogen-bond donors (Lipinski definition) is 2. The Morgan fingerprint density at radius 1 is 1.10 bits per heavy atom. The van der Waals surface area contributed by atoms with Crippen LogP contribution < -0.4 is 15.4 Å². The van der Waals surface area contributed by atoms with E-state index in [9.17, 15) is 4.79 Å². The summed E-state index contributed by atoms with van der Waals surface area (Å²) in [5.74, 6) is 2.15. The van der Waals surface area contributed by atoms with Crippen LogP contribution in [0, 0.1) is 6.92 Å². The molecule has 4 rings (SSSR count). The molecule has 2 aromatic heterocycles. The number of carbonyl (C=O) groups excluding carboxylic acids is 1. The van der Waals surface area contributed by atoms with Gasteiger partial charge < -0.3 is 19.8 Å². The lowest BCUT2D eigenvalue weighted by Gasteiger charge is -2.12. The number of hydrogen-bond acceptors (Lipinski definition) is 6. The fourth-order valence-electron chi connectivity index (χ4n) is 3.03. The third kappa shape index (κ3) is 4.19. The molecule has 7 nitrogen and oxygen atoms in total. The standard InChI is InChI=1S/C22H20N4O3/c1-14-24-19-9-8-17(28-2)12-18(19)21(25-14)23-13-15-5-3-6-16(11-15)26-22(27)20-7-4-10-29-20/h3-12H,13H2,1-2H3,(H,26,27)(H,23,24,25). The van der Waals surface area contributed by atoms with E-state index in [1.807, 2.05) is 49.4 Å². The Balaban J connectivity index is 1.53. The van der Waals surface area contributed by atoms with Crippen LogP contribution in [0.1, 0.15) is 21.9 Å². The maximum atomic E-state index is 12.2. The number of anilines is 2. The largest absolute Gasteiger partial charge is 0.497 e. The van der Waals surface area contributed by atoms with E-state index in [2.05, 4.69) is 20.6 Å². The van der Waals surface area contributed by atoms with Crippen molar-refractivity contribution in [3.8, 4) is 5.75 Å². The zero-order valence-electron chi connectivity index (χ0n) is 16.1. The Bertz CT molecular complexity index is 1160. The highest BCUT2D eigenvalue weighted by Gasteiger charge is 2.10. The third-order valence-corrected chi connectivity index (χ3v) is 4.40. The van der Waals surface area contributed by atoms with Gasteiger partial charge in [0.05, 0.1) is 18.9 Å². The van der Waals surface area contributed by atoms with Gasteiger partial charge in [0.15, 0.2) is 5.76 Å². The molecular formula is C22H20N4O3. The number of carbonyl (C=O) groups is 1. The van der Waals surface area contributed by atoms with Gasteiger partial charge in [0.2, 0.25) is 0 Å². The van der Waals surface area contributed by atoms with Gasteiger partial charge in [-0.05, 0) is 55.0 Å². The molecule has 0 aliphatic heterocycles. The van der Waals surface area contributed by atoms with Crippen LogP contribution in [0.5, 0.6) is 5.75 Å². The minimum Gasteiger partial charge on any atom is -0.497 e. The van der Waals surface area contributed by atoms with E-state index in [0.29, 0.717) is 18.1 Å². The molecular weight excluding hydrogens is 368 g/mol. The van der Waals surface area contributed by atoms with Crippen LogP contribution in [0.2, 0.25) is 0 Å². The topological polar surface area (TPSA) is 89.3 Å². The van der Waals surface area contributed by atoms with Crippen LogP contribution in [0.4, 0.5) is 11.5 Å². The molecule has 0 aliphatic rings. The summed E-state index contributed by atoms with van der Waals surface area (Å²) in [5.41, 5.74) is 2.53. The van der Waals surface area contributed by atoms with E-state index >= 15 is 0 Å². The van der Waals surface area contributed by atoms with E-state index in [0.717, 1.165) is 28.0 Å². The van der Waals surface area contributed by atoms with E-state index < -0.39 is 0 Å². The molecule has 0 saturated carbocycles. The van der Waals surface area contributed by atoms with E-state index in [-0.39, 0.29) is 11.7 Å². The molecule has 29 heavy (non-hydrogen) atoms. The van der Waals surface area contributed by atoms with Gasteiger partial charge in [-0.25, -0.2) is 9.97 Å².